The van der Waals surface area contributed by atoms with E-state index in [1.54, 1.807) is 21.7 Å². The number of carbonyl (C=O) groups is 1. The number of thiocarbonyl (C=S) groups is 1. The van der Waals surface area contributed by atoms with Crippen molar-refractivity contribution in [2.45, 2.75) is 63.5 Å². The minimum absolute atomic E-state index is 0.000767. The highest BCUT2D eigenvalue weighted by molar-refractivity contribution is 14.1. The van der Waals surface area contributed by atoms with Crippen molar-refractivity contribution in [2.75, 3.05) is 12.4 Å². The van der Waals surface area contributed by atoms with Gasteiger partial charge in [0.15, 0.2) is 0 Å². The van der Waals surface area contributed by atoms with E-state index in [9.17, 15) is 15.2 Å². The van der Waals surface area contributed by atoms with Gasteiger partial charge in [0.1, 0.15) is 5.75 Å². The highest BCUT2D eigenvalue weighted by Crippen LogP contribution is 2.42. The summed E-state index contributed by atoms with van der Waals surface area (Å²) in [7, 11) is 1.51. The lowest BCUT2D eigenvalue weighted by molar-refractivity contribution is 0.0934. The number of nitriles is 1. The van der Waals surface area contributed by atoms with Gasteiger partial charge in [0, 0.05) is 21.2 Å². The van der Waals surface area contributed by atoms with E-state index < -0.39 is 0 Å². The van der Waals surface area contributed by atoms with E-state index in [1.165, 1.54) is 12.7 Å². The first-order valence-corrected chi connectivity index (χ1v) is 15.3. The lowest BCUT2D eigenvalue weighted by Crippen LogP contribution is -2.33. The maximum atomic E-state index is 12.8. The molecule has 2 aliphatic carbocycles. The Bertz CT molecular complexity index is 1510. The summed E-state index contributed by atoms with van der Waals surface area (Å²) in [4.78, 5) is 21.9. The van der Waals surface area contributed by atoms with Crippen LogP contribution in [0.25, 0.3) is 11.3 Å². The van der Waals surface area contributed by atoms with Crippen molar-refractivity contribution >= 4 is 67.3 Å². The summed E-state index contributed by atoms with van der Waals surface area (Å²) in [5.41, 5.74) is 5.34. The highest BCUT2D eigenvalue weighted by atomic mass is 127. The number of fused-ring (bicyclic) bond motifs is 1. The fourth-order valence-electron chi connectivity index (χ4n) is 5.41. The Balaban J connectivity index is 0.00000124. The van der Waals surface area contributed by atoms with Crippen molar-refractivity contribution in [2.24, 2.45) is 0 Å². The standard InChI is InChI=1S/C29H30ClN5O3.CHIS/c1-29(2)8-6-20-17(15-31)10-16(11-22(20)29)24-7-9-32-28(34-24)35-25-14-23(30)21(13-26(25)38-3)27(37)33-18-4-5-19(36)12-18;2-1-3/h7,9-11,13-14,18-19,36H,4-6,8,12H2,1-3H3,(H,33,37)(H,32,34,35);1H. The smallest absolute Gasteiger partial charge is 0.253 e. The average molecular weight is 704 g/mol. The number of aliphatic hydroxyl groups is 1. The van der Waals surface area contributed by atoms with Crippen LogP contribution >= 0.6 is 46.4 Å². The molecule has 0 radical (unpaired) electrons. The topological polar surface area (TPSA) is 120 Å². The van der Waals surface area contributed by atoms with Crippen LogP contribution in [0, 0.1) is 11.3 Å². The minimum Gasteiger partial charge on any atom is -0.495 e. The van der Waals surface area contributed by atoms with Crippen LogP contribution in [0.4, 0.5) is 11.6 Å². The van der Waals surface area contributed by atoms with Gasteiger partial charge in [-0.05, 0) is 102 Å². The number of amides is 1. The van der Waals surface area contributed by atoms with Gasteiger partial charge in [0.25, 0.3) is 5.91 Å². The van der Waals surface area contributed by atoms with Gasteiger partial charge in [-0.1, -0.05) is 37.7 Å². The van der Waals surface area contributed by atoms with Gasteiger partial charge in [-0.3, -0.25) is 4.79 Å². The third kappa shape index (κ3) is 7.15. The zero-order valence-electron chi connectivity index (χ0n) is 23.0. The third-order valence-corrected chi connectivity index (χ3v) is 7.88. The highest BCUT2D eigenvalue weighted by Gasteiger charge is 2.32. The first-order valence-electron chi connectivity index (χ1n) is 13.2. The monoisotopic (exact) mass is 703 g/mol. The molecule has 5 rings (SSSR count). The number of rotatable bonds is 6. The number of halogens is 2. The Kier molecular flexibility index (Phi) is 10.2. The van der Waals surface area contributed by atoms with Crippen molar-refractivity contribution in [1.82, 2.24) is 15.3 Å². The van der Waals surface area contributed by atoms with Gasteiger partial charge in [-0.15, -0.1) is 0 Å². The number of benzene rings is 2. The van der Waals surface area contributed by atoms with Crippen molar-refractivity contribution in [1.29, 1.82) is 5.26 Å². The normalized spacial score (nSPS) is 18.4. The molecule has 1 fully saturated rings. The number of aliphatic hydroxyl groups excluding tert-OH is 1. The van der Waals surface area contributed by atoms with Gasteiger partial charge in [-0.25, -0.2) is 9.97 Å². The second kappa shape index (κ2) is 13.4. The fraction of sp³-hybridized carbons (Fsp3) is 0.367. The Labute approximate surface area is 264 Å². The SMILES string of the molecule is COc1cc(C(=O)NC2CCC(O)C2)c(Cl)cc1Nc1nccc(-c2cc(C#N)c3c(c2)C(C)(C)CC3)n1.S=CI. The Morgan fingerprint density at radius 1 is 1.32 bits per heavy atom. The molecular formula is C30H31ClIN5O3S. The van der Waals surface area contributed by atoms with E-state index >= 15 is 0 Å². The molecule has 2 atom stereocenters. The molecule has 1 amide bonds. The van der Waals surface area contributed by atoms with Gasteiger partial charge in [-0.2, -0.15) is 5.26 Å². The number of hydrogen-bond donors (Lipinski definition) is 3. The number of hydrogen-bond acceptors (Lipinski definition) is 8. The third-order valence-electron chi connectivity index (χ3n) is 7.57. The molecule has 3 aromatic rings. The number of nitrogens with one attached hydrogen (secondary N) is 2. The summed E-state index contributed by atoms with van der Waals surface area (Å²) in [5.74, 6) is 0.420. The van der Waals surface area contributed by atoms with E-state index in [2.05, 4.69) is 53.8 Å². The van der Waals surface area contributed by atoms with Crippen LogP contribution in [-0.4, -0.2) is 43.6 Å². The predicted molar refractivity (Wildman–Crippen MR) is 174 cm³/mol. The molecule has 3 N–H and O–H groups in total. The molecule has 8 nitrogen and oxygen atoms in total. The van der Waals surface area contributed by atoms with Crippen LogP contribution < -0.4 is 15.4 Å². The first-order chi connectivity index (χ1) is 19.6. The molecule has 1 aromatic heterocycles. The molecule has 214 valence electrons. The molecule has 0 bridgehead atoms. The number of anilines is 2. The first kappa shape index (κ1) is 31.1. The van der Waals surface area contributed by atoms with E-state index in [4.69, 9.17) is 21.3 Å². The number of methoxy groups -OCH3 is 1. The molecule has 2 aliphatic rings. The van der Waals surface area contributed by atoms with Crippen LogP contribution in [0.5, 0.6) is 5.75 Å². The lowest BCUT2D eigenvalue weighted by atomic mass is 9.84. The van der Waals surface area contributed by atoms with Gasteiger partial charge >= 0.3 is 0 Å². The van der Waals surface area contributed by atoms with Crippen molar-refractivity contribution in [3.05, 3.63) is 63.8 Å². The maximum Gasteiger partial charge on any atom is 0.253 e. The summed E-state index contributed by atoms with van der Waals surface area (Å²) >= 11 is 12.7. The van der Waals surface area contributed by atoms with Crippen LogP contribution in [0.3, 0.4) is 0 Å². The van der Waals surface area contributed by atoms with Gasteiger partial charge in [0.2, 0.25) is 5.95 Å². The van der Waals surface area contributed by atoms with Crippen molar-refractivity contribution in [3.8, 4) is 23.1 Å². The molecule has 2 aromatic carbocycles. The predicted octanol–water partition coefficient (Wildman–Crippen LogP) is 6.67. The van der Waals surface area contributed by atoms with Crippen LogP contribution in [0.2, 0.25) is 5.02 Å². The molecular weight excluding hydrogens is 673 g/mol. The molecule has 41 heavy (non-hydrogen) atoms. The second-order valence-corrected chi connectivity index (χ2v) is 12.8. The van der Waals surface area contributed by atoms with E-state index in [-0.39, 0.29) is 34.1 Å². The van der Waals surface area contributed by atoms with E-state index in [0.29, 0.717) is 41.5 Å². The molecule has 0 spiro atoms. The molecule has 0 aliphatic heterocycles. The summed E-state index contributed by atoms with van der Waals surface area (Å²) < 4.78 is 7.09. The number of nitrogens with zero attached hydrogens (tertiary/aromatic N) is 3. The Morgan fingerprint density at radius 2 is 2.07 bits per heavy atom. The van der Waals surface area contributed by atoms with Crippen LogP contribution in [-0.2, 0) is 11.8 Å². The van der Waals surface area contributed by atoms with E-state index in [1.807, 2.05) is 34.7 Å². The summed E-state index contributed by atoms with van der Waals surface area (Å²) in [6, 6.07) is 11.3. The fourth-order valence-corrected chi connectivity index (χ4v) is 5.66. The summed E-state index contributed by atoms with van der Waals surface area (Å²) in [5, 5.41) is 25.9. The van der Waals surface area contributed by atoms with Crippen LogP contribution in [0.15, 0.2) is 36.5 Å². The molecule has 0 saturated heterocycles. The van der Waals surface area contributed by atoms with Gasteiger partial charge < -0.3 is 20.5 Å². The van der Waals surface area contributed by atoms with Gasteiger partial charge in [0.05, 0.1) is 46.8 Å². The summed E-state index contributed by atoms with van der Waals surface area (Å²) in [6.07, 6.45) is 5.11. The maximum absolute atomic E-state index is 12.8. The van der Waals surface area contributed by atoms with Crippen LogP contribution in [0.1, 0.15) is 66.6 Å². The summed E-state index contributed by atoms with van der Waals surface area (Å²) in [6.45, 7) is 4.40. The molecule has 1 heterocycles. The Morgan fingerprint density at radius 3 is 2.73 bits per heavy atom. The molecule has 1 saturated carbocycles. The van der Waals surface area contributed by atoms with Crippen molar-refractivity contribution < 1.29 is 14.6 Å². The number of ether oxygens (including phenoxy) is 1. The average Bonchev–Trinajstić information content (AvgIpc) is 3.50. The second-order valence-electron chi connectivity index (χ2n) is 10.7. The van der Waals surface area contributed by atoms with E-state index in [0.717, 1.165) is 30.4 Å². The number of carbonyl (C=O) groups excluding carboxylic acids is 1. The zero-order chi connectivity index (χ0) is 29.7. The van der Waals surface area contributed by atoms with Crippen molar-refractivity contribution in [3.63, 3.8) is 0 Å². The number of aromatic nitrogens is 2. The minimum atomic E-state index is -0.387. The largest absolute Gasteiger partial charge is 0.495 e. The zero-order valence-corrected chi connectivity index (χ0v) is 26.7. The Hall–Kier alpha value is -2.85. The quantitative estimate of drug-likeness (QED) is 0.148. The molecule has 11 heteroatoms. The molecule has 2 unspecified atom stereocenters. The lowest BCUT2D eigenvalue weighted by Gasteiger charge is -2.20.